The summed E-state index contributed by atoms with van der Waals surface area (Å²) in [5.74, 6) is 0.998. The van der Waals surface area contributed by atoms with Gasteiger partial charge in [0.25, 0.3) is 0 Å². The van der Waals surface area contributed by atoms with Crippen molar-refractivity contribution >= 4 is 11.3 Å². The quantitative estimate of drug-likeness (QED) is 0.799. The second-order valence-corrected chi connectivity index (χ2v) is 7.99. The van der Waals surface area contributed by atoms with Crippen molar-refractivity contribution in [3.8, 4) is 0 Å². The van der Waals surface area contributed by atoms with E-state index >= 15 is 0 Å². The molecule has 0 aliphatic heterocycles. The van der Waals surface area contributed by atoms with E-state index in [2.05, 4.69) is 36.6 Å². The smallest absolute Gasteiger partial charge is 0.0388 e. The Hall–Kier alpha value is -0.340. The van der Waals surface area contributed by atoms with Gasteiger partial charge in [0.15, 0.2) is 0 Å². The van der Waals surface area contributed by atoms with Crippen LogP contribution in [-0.2, 0) is 12.8 Å². The molecule has 0 spiro atoms. The summed E-state index contributed by atoms with van der Waals surface area (Å²) >= 11 is 2.07. The maximum absolute atomic E-state index is 3.90. The van der Waals surface area contributed by atoms with Gasteiger partial charge in [0.05, 0.1) is 0 Å². The highest BCUT2D eigenvalue weighted by Crippen LogP contribution is 2.34. The second kappa shape index (κ2) is 6.62. The zero-order valence-electron chi connectivity index (χ0n) is 13.1. The Morgan fingerprint density at radius 1 is 1.20 bits per heavy atom. The van der Waals surface area contributed by atoms with Crippen molar-refractivity contribution in [3.05, 3.63) is 21.4 Å². The van der Waals surface area contributed by atoms with Gasteiger partial charge in [-0.15, -0.1) is 11.3 Å². The third-order valence-electron chi connectivity index (χ3n) is 5.35. The van der Waals surface area contributed by atoms with Crippen LogP contribution in [0.1, 0.15) is 80.2 Å². The topological polar surface area (TPSA) is 12.0 Å². The molecule has 1 aromatic rings. The van der Waals surface area contributed by atoms with Crippen LogP contribution in [0.25, 0.3) is 0 Å². The lowest BCUT2D eigenvalue weighted by atomic mass is 9.84. The summed E-state index contributed by atoms with van der Waals surface area (Å²) < 4.78 is 0. The Kier molecular flexibility index (Phi) is 4.83. The number of thiophene rings is 1. The lowest BCUT2D eigenvalue weighted by Crippen LogP contribution is -2.34. The number of hydrogen-bond donors (Lipinski definition) is 1. The van der Waals surface area contributed by atoms with E-state index in [-0.39, 0.29) is 0 Å². The summed E-state index contributed by atoms with van der Waals surface area (Å²) in [6.45, 7) is 4.71. The molecule has 1 nitrogen and oxygen atoms in total. The molecule has 1 aromatic heterocycles. The van der Waals surface area contributed by atoms with Crippen molar-refractivity contribution in [2.24, 2.45) is 5.92 Å². The minimum absolute atomic E-state index is 0.550. The number of rotatable bonds is 4. The molecule has 1 unspecified atom stereocenters. The van der Waals surface area contributed by atoms with Gasteiger partial charge in [0.2, 0.25) is 0 Å². The third kappa shape index (κ3) is 3.28. The minimum atomic E-state index is 0.550. The first kappa shape index (κ1) is 14.6. The molecule has 1 saturated carbocycles. The van der Waals surface area contributed by atoms with Crippen LogP contribution in [0.4, 0.5) is 0 Å². The summed E-state index contributed by atoms with van der Waals surface area (Å²) in [5, 5.41) is 3.90. The highest BCUT2D eigenvalue weighted by molar-refractivity contribution is 7.12. The molecule has 1 atom stereocenters. The molecule has 1 N–H and O–H groups in total. The van der Waals surface area contributed by atoms with Crippen LogP contribution in [0.3, 0.4) is 0 Å². The van der Waals surface area contributed by atoms with E-state index in [0.29, 0.717) is 6.04 Å². The van der Waals surface area contributed by atoms with Gasteiger partial charge in [0.1, 0.15) is 0 Å². The van der Waals surface area contributed by atoms with E-state index in [4.69, 9.17) is 0 Å². The second-order valence-electron chi connectivity index (χ2n) is 6.82. The molecule has 2 aliphatic carbocycles. The Balaban J connectivity index is 1.56. The Bertz CT molecular complexity index is 405. The van der Waals surface area contributed by atoms with Gasteiger partial charge in [-0.25, -0.2) is 0 Å². The van der Waals surface area contributed by atoms with Gasteiger partial charge >= 0.3 is 0 Å². The molecule has 1 fully saturated rings. The van der Waals surface area contributed by atoms with E-state index in [9.17, 15) is 0 Å². The maximum Gasteiger partial charge on any atom is 0.0388 e. The largest absolute Gasteiger partial charge is 0.307 e. The first-order valence-electron chi connectivity index (χ1n) is 8.63. The van der Waals surface area contributed by atoms with Crippen molar-refractivity contribution in [1.29, 1.82) is 0 Å². The summed E-state index contributed by atoms with van der Waals surface area (Å²) in [5.41, 5.74) is 1.65. The van der Waals surface area contributed by atoms with Crippen molar-refractivity contribution in [1.82, 2.24) is 5.32 Å². The minimum Gasteiger partial charge on any atom is -0.307 e. The maximum atomic E-state index is 3.90. The van der Waals surface area contributed by atoms with Gasteiger partial charge in [-0.1, -0.05) is 13.3 Å². The fourth-order valence-corrected chi connectivity index (χ4v) is 5.17. The molecule has 3 rings (SSSR count). The Morgan fingerprint density at radius 2 is 1.95 bits per heavy atom. The normalized spacial score (nSPS) is 28.1. The third-order valence-corrected chi connectivity index (χ3v) is 6.77. The van der Waals surface area contributed by atoms with E-state index in [1.54, 1.807) is 15.3 Å². The predicted molar refractivity (Wildman–Crippen MR) is 88.5 cm³/mol. The summed E-state index contributed by atoms with van der Waals surface area (Å²) in [6, 6.07) is 3.80. The fraction of sp³-hybridized carbons (Fsp3) is 0.778. The number of hydrogen-bond acceptors (Lipinski definition) is 2. The molecule has 0 saturated heterocycles. The Labute approximate surface area is 128 Å². The van der Waals surface area contributed by atoms with Crippen molar-refractivity contribution in [2.75, 3.05) is 0 Å². The molecule has 0 amide bonds. The van der Waals surface area contributed by atoms with Gasteiger partial charge in [0, 0.05) is 21.8 Å². The summed E-state index contributed by atoms with van der Waals surface area (Å²) in [4.78, 5) is 3.25. The molecule has 2 aliphatic rings. The van der Waals surface area contributed by atoms with Gasteiger partial charge in [-0.2, -0.15) is 0 Å². The van der Waals surface area contributed by atoms with E-state index in [1.165, 1.54) is 57.8 Å². The lowest BCUT2D eigenvalue weighted by Gasteiger charge is -2.30. The SMILES string of the molecule is CCC1CCC(NC(C)c2cc3c(s2)CCCC3)CC1. The number of aryl methyl sites for hydroxylation is 2. The standard InChI is InChI=1S/C18H29NS/c1-3-14-8-10-16(11-9-14)19-13(2)18-12-15-6-4-5-7-17(15)20-18/h12-14,16,19H,3-11H2,1-2H3. The first-order valence-corrected chi connectivity index (χ1v) is 9.45. The highest BCUT2D eigenvalue weighted by Gasteiger charge is 2.23. The average molecular weight is 292 g/mol. The average Bonchev–Trinajstić information content (AvgIpc) is 2.92. The van der Waals surface area contributed by atoms with Crippen LogP contribution < -0.4 is 5.32 Å². The zero-order valence-corrected chi connectivity index (χ0v) is 13.9. The van der Waals surface area contributed by atoms with Gasteiger partial charge in [-0.05, 0) is 75.8 Å². The van der Waals surface area contributed by atoms with Crippen molar-refractivity contribution in [3.63, 3.8) is 0 Å². The van der Waals surface area contributed by atoms with Gasteiger partial charge in [-0.3, -0.25) is 0 Å². The molecule has 0 bridgehead atoms. The lowest BCUT2D eigenvalue weighted by molar-refractivity contribution is 0.274. The molecular weight excluding hydrogens is 262 g/mol. The fourth-order valence-electron chi connectivity index (χ4n) is 3.90. The number of fused-ring (bicyclic) bond motifs is 1. The van der Waals surface area contributed by atoms with Crippen LogP contribution in [0.5, 0.6) is 0 Å². The van der Waals surface area contributed by atoms with E-state index in [0.717, 1.165) is 12.0 Å². The van der Waals surface area contributed by atoms with Crippen LogP contribution in [0.15, 0.2) is 6.07 Å². The van der Waals surface area contributed by atoms with Crippen LogP contribution in [0.2, 0.25) is 0 Å². The molecule has 0 radical (unpaired) electrons. The van der Waals surface area contributed by atoms with Gasteiger partial charge < -0.3 is 5.32 Å². The molecule has 0 aromatic carbocycles. The van der Waals surface area contributed by atoms with Crippen LogP contribution in [0, 0.1) is 5.92 Å². The molecular formula is C18H29NS. The Morgan fingerprint density at radius 3 is 2.65 bits per heavy atom. The molecule has 112 valence electrons. The predicted octanol–water partition coefficient (Wildman–Crippen LogP) is 5.25. The molecule has 2 heteroatoms. The number of nitrogens with one attached hydrogen (secondary N) is 1. The monoisotopic (exact) mass is 291 g/mol. The molecule has 1 heterocycles. The van der Waals surface area contributed by atoms with Crippen LogP contribution in [-0.4, -0.2) is 6.04 Å². The summed E-state index contributed by atoms with van der Waals surface area (Å²) in [7, 11) is 0. The molecule has 20 heavy (non-hydrogen) atoms. The zero-order chi connectivity index (χ0) is 13.9. The van der Waals surface area contributed by atoms with Crippen LogP contribution >= 0.6 is 11.3 Å². The summed E-state index contributed by atoms with van der Waals surface area (Å²) in [6.07, 6.45) is 12.4. The van der Waals surface area contributed by atoms with E-state index < -0.39 is 0 Å². The van der Waals surface area contributed by atoms with Crippen molar-refractivity contribution < 1.29 is 0 Å². The highest BCUT2D eigenvalue weighted by atomic mass is 32.1. The van der Waals surface area contributed by atoms with Crippen molar-refractivity contribution in [2.45, 2.75) is 83.7 Å². The van der Waals surface area contributed by atoms with E-state index in [1.807, 2.05) is 0 Å². The first-order chi connectivity index (χ1) is 9.76.